The number of hydrogen-bond acceptors (Lipinski definition) is 4. The van der Waals surface area contributed by atoms with Crippen molar-refractivity contribution in [1.82, 2.24) is 5.32 Å². The van der Waals surface area contributed by atoms with E-state index in [2.05, 4.69) is 37.6 Å². The summed E-state index contributed by atoms with van der Waals surface area (Å²) in [6, 6.07) is 7.35. The van der Waals surface area contributed by atoms with Gasteiger partial charge in [-0.2, -0.15) is 0 Å². The van der Waals surface area contributed by atoms with Gasteiger partial charge in [0.25, 0.3) is 0 Å². The molecule has 0 spiro atoms. The van der Waals surface area contributed by atoms with Crippen molar-refractivity contribution in [2.75, 3.05) is 11.9 Å². The Morgan fingerprint density at radius 2 is 2.37 bits per heavy atom. The SMILES string of the molecule is CC(CC1CCCCN1)Nc1cccc2c1N=[Se]=N2. The van der Waals surface area contributed by atoms with E-state index in [0.29, 0.717) is 12.1 Å². The van der Waals surface area contributed by atoms with Crippen LogP contribution in [0.15, 0.2) is 26.1 Å². The summed E-state index contributed by atoms with van der Waals surface area (Å²) in [5.74, 6) is 0. The van der Waals surface area contributed by atoms with Gasteiger partial charge in [0.05, 0.1) is 0 Å². The Kier molecular flexibility index (Phi) is 4.16. The fourth-order valence-corrected chi connectivity index (χ4v) is 3.95. The van der Waals surface area contributed by atoms with Crippen molar-refractivity contribution in [1.29, 1.82) is 0 Å². The zero-order valence-corrected chi connectivity index (χ0v) is 12.9. The van der Waals surface area contributed by atoms with Gasteiger partial charge in [-0.15, -0.1) is 0 Å². The normalized spacial score (nSPS) is 22.7. The summed E-state index contributed by atoms with van der Waals surface area (Å²) in [6.07, 6.45) is 5.17. The molecule has 0 aliphatic carbocycles. The number of hydrogen-bond donors (Lipinski definition) is 2. The van der Waals surface area contributed by atoms with E-state index in [1.54, 1.807) is 0 Å². The maximum atomic E-state index is 4.52. The third-order valence-electron chi connectivity index (χ3n) is 3.74. The molecule has 0 radical (unpaired) electrons. The quantitative estimate of drug-likeness (QED) is 0.848. The Balaban J connectivity index is 1.62. The van der Waals surface area contributed by atoms with Gasteiger partial charge in [0.1, 0.15) is 0 Å². The van der Waals surface area contributed by atoms with Crippen molar-refractivity contribution in [2.45, 2.75) is 44.7 Å². The Morgan fingerprint density at radius 3 is 3.21 bits per heavy atom. The fraction of sp³-hybridized carbons (Fsp3) is 0.571. The summed E-state index contributed by atoms with van der Waals surface area (Å²) < 4.78 is 8.94. The van der Waals surface area contributed by atoms with E-state index in [1.807, 2.05) is 6.07 Å². The molecular formula is C14H20N4Se. The molecule has 102 valence electrons. The molecule has 2 aliphatic heterocycles. The Hall–Kier alpha value is -0.901. The van der Waals surface area contributed by atoms with Crippen LogP contribution < -0.4 is 10.6 Å². The van der Waals surface area contributed by atoms with Crippen molar-refractivity contribution in [3.63, 3.8) is 0 Å². The predicted molar refractivity (Wildman–Crippen MR) is 79.7 cm³/mol. The molecule has 5 heteroatoms. The van der Waals surface area contributed by atoms with Crippen LogP contribution in [0.4, 0.5) is 17.1 Å². The molecule has 2 atom stereocenters. The molecular weight excluding hydrogens is 303 g/mol. The van der Waals surface area contributed by atoms with E-state index in [1.165, 1.54) is 32.2 Å². The van der Waals surface area contributed by atoms with Crippen LogP contribution in [0.3, 0.4) is 0 Å². The van der Waals surface area contributed by atoms with Crippen molar-refractivity contribution < 1.29 is 0 Å². The first-order valence-electron chi connectivity index (χ1n) is 7.04. The van der Waals surface area contributed by atoms with E-state index in [0.717, 1.165) is 17.1 Å². The number of piperidine rings is 1. The minimum atomic E-state index is 0.0499. The van der Waals surface area contributed by atoms with E-state index in [-0.39, 0.29) is 14.6 Å². The van der Waals surface area contributed by atoms with Crippen LogP contribution in [0, 0.1) is 0 Å². The second kappa shape index (κ2) is 6.04. The number of anilines is 1. The van der Waals surface area contributed by atoms with Crippen molar-refractivity contribution >= 4 is 31.6 Å². The Morgan fingerprint density at radius 1 is 1.42 bits per heavy atom. The van der Waals surface area contributed by atoms with Crippen LogP contribution >= 0.6 is 0 Å². The van der Waals surface area contributed by atoms with Gasteiger partial charge in [-0.3, -0.25) is 0 Å². The second-order valence-corrected chi connectivity index (χ2v) is 6.47. The molecule has 1 aromatic rings. The molecule has 2 heterocycles. The molecule has 1 saturated heterocycles. The molecule has 1 fully saturated rings. The molecule has 0 bridgehead atoms. The Labute approximate surface area is 120 Å². The van der Waals surface area contributed by atoms with Gasteiger partial charge in [0, 0.05) is 0 Å². The molecule has 0 amide bonds. The summed E-state index contributed by atoms with van der Waals surface area (Å²) in [5.41, 5.74) is 3.25. The van der Waals surface area contributed by atoms with Crippen molar-refractivity contribution in [3.8, 4) is 0 Å². The van der Waals surface area contributed by atoms with E-state index in [4.69, 9.17) is 0 Å². The van der Waals surface area contributed by atoms with Crippen LogP contribution in [0.1, 0.15) is 32.6 Å². The number of rotatable bonds is 4. The molecule has 0 aromatic heterocycles. The van der Waals surface area contributed by atoms with Gasteiger partial charge >= 0.3 is 120 Å². The average molecular weight is 323 g/mol. The summed E-state index contributed by atoms with van der Waals surface area (Å²) in [6.45, 7) is 3.43. The standard InChI is InChI=1S/C14H20N4Se/c1-10(9-11-5-2-3-8-15-11)16-12-6-4-7-13-14(12)18-19-17-13/h4,6-7,10-11,15-16H,2-3,5,8-9H2,1H3. The van der Waals surface area contributed by atoms with E-state index < -0.39 is 0 Å². The first kappa shape index (κ1) is 13.1. The molecule has 4 nitrogen and oxygen atoms in total. The topological polar surface area (TPSA) is 48.8 Å². The summed E-state index contributed by atoms with van der Waals surface area (Å²) in [7, 11) is 0. The molecule has 1 aromatic carbocycles. The summed E-state index contributed by atoms with van der Waals surface area (Å²) in [4.78, 5) is 0. The van der Waals surface area contributed by atoms with Gasteiger partial charge < -0.3 is 0 Å². The molecule has 3 rings (SSSR count). The predicted octanol–water partition coefficient (Wildman–Crippen LogP) is 3.37. The number of nitrogens with one attached hydrogen (secondary N) is 2. The molecule has 0 saturated carbocycles. The monoisotopic (exact) mass is 324 g/mol. The van der Waals surface area contributed by atoms with Crippen LogP contribution in [0.2, 0.25) is 0 Å². The van der Waals surface area contributed by atoms with Gasteiger partial charge in [-0.25, -0.2) is 0 Å². The molecule has 19 heavy (non-hydrogen) atoms. The number of nitrogens with zero attached hydrogens (tertiary/aromatic N) is 2. The van der Waals surface area contributed by atoms with Gasteiger partial charge in [-0.05, 0) is 0 Å². The first-order chi connectivity index (χ1) is 9.33. The average Bonchev–Trinajstić information content (AvgIpc) is 2.89. The van der Waals surface area contributed by atoms with E-state index >= 15 is 0 Å². The first-order valence-corrected chi connectivity index (χ1v) is 8.57. The summed E-state index contributed by atoms with van der Waals surface area (Å²) >= 11 is 0.0499. The zero-order valence-electron chi connectivity index (χ0n) is 11.2. The fourth-order valence-electron chi connectivity index (χ4n) is 2.80. The van der Waals surface area contributed by atoms with Gasteiger partial charge in [0.2, 0.25) is 0 Å². The van der Waals surface area contributed by atoms with E-state index in [9.17, 15) is 0 Å². The van der Waals surface area contributed by atoms with Gasteiger partial charge in [-0.1, -0.05) is 0 Å². The van der Waals surface area contributed by atoms with Crippen LogP contribution in [0.25, 0.3) is 0 Å². The Bertz CT molecular complexity index is 516. The van der Waals surface area contributed by atoms with Crippen LogP contribution in [0.5, 0.6) is 0 Å². The minimum absolute atomic E-state index is 0.0499. The molecule has 2 unspecified atom stereocenters. The number of fused-ring (bicyclic) bond motifs is 1. The number of benzene rings is 1. The van der Waals surface area contributed by atoms with Gasteiger partial charge in [0.15, 0.2) is 0 Å². The van der Waals surface area contributed by atoms with Crippen LogP contribution in [-0.2, 0) is 0 Å². The third-order valence-corrected chi connectivity index (χ3v) is 4.88. The zero-order chi connectivity index (χ0) is 13.1. The second-order valence-electron chi connectivity index (χ2n) is 5.37. The maximum absolute atomic E-state index is 4.52. The summed E-state index contributed by atoms with van der Waals surface area (Å²) in [5, 5.41) is 7.22. The van der Waals surface area contributed by atoms with Crippen molar-refractivity contribution in [3.05, 3.63) is 18.2 Å². The van der Waals surface area contributed by atoms with Crippen molar-refractivity contribution in [2.24, 2.45) is 7.92 Å². The molecule has 2 N–H and O–H groups in total. The molecule has 2 aliphatic rings. The van der Waals surface area contributed by atoms with Crippen LogP contribution in [-0.4, -0.2) is 33.2 Å². The third kappa shape index (κ3) is 3.16.